The largest absolute Gasteiger partial charge is 0.483 e. The lowest BCUT2D eigenvalue weighted by Crippen LogP contribution is -2.41. The Bertz CT molecular complexity index is 765. The van der Waals surface area contributed by atoms with Crippen molar-refractivity contribution < 1.29 is 23.8 Å². The van der Waals surface area contributed by atoms with Crippen LogP contribution in [0.15, 0.2) is 40.9 Å². The van der Waals surface area contributed by atoms with Crippen molar-refractivity contribution in [2.45, 2.75) is 6.92 Å². The van der Waals surface area contributed by atoms with Gasteiger partial charge >= 0.3 is 5.97 Å². The molecule has 6 nitrogen and oxygen atoms in total. The van der Waals surface area contributed by atoms with E-state index in [9.17, 15) is 9.59 Å². The molecule has 2 aromatic carbocycles. The van der Waals surface area contributed by atoms with Crippen LogP contribution in [-0.4, -0.2) is 56.8 Å². The number of halogens is 1. The van der Waals surface area contributed by atoms with E-state index in [0.29, 0.717) is 12.4 Å². The number of ether oxygens (including phenoxy) is 3. The van der Waals surface area contributed by atoms with E-state index in [1.165, 1.54) is 12.0 Å². The third-order valence-corrected chi connectivity index (χ3v) is 4.54. The number of methoxy groups -OCH3 is 1. The molecule has 0 bridgehead atoms. The Hall–Kier alpha value is -2.12. The second-order valence-corrected chi connectivity index (χ2v) is 6.29. The molecule has 0 unspecified atom stereocenters. The molecule has 7 heteroatoms. The summed E-state index contributed by atoms with van der Waals surface area (Å²) >= 11 is 3.53. The summed E-state index contributed by atoms with van der Waals surface area (Å²) in [6, 6.07) is 11.6. The smallest absolute Gasteiger partial charge is 0.325 e. The Morgan fingerprint density at radius 3 is 2.65 bits per heavy atom. The average molecular weight is 424 g/mol. The molecule has 0 fully saturated rings. The minimum absolute atomic E-state index is 0.127. The summed E-state index contributed by atoms with van der Waals surface area (Å²) < 4.78 is 16.4. The molecule has 0 atom stereocenters. The molecular formula is C19H22BrNO5. The van der Waals surface area contributed by atoms with Crippen molar-refractivity contribution in [3.63, 3.8) is 0 Å². The molecular weight excluding hydrogens is 402 g/mol. The molecule has 0 saturated heterocycles. The minimum Gasteiger partial charge on any atom is -0.483 e. The molecule has 0 radical (unpaired) electrons. The third kappa shape index (κ3) is 5.44. The zero-order valence-corrected chi connectivity index (χ0v) is 16.5. The Kier molecular flexibility index (Phi) is 7.87. The van der Waals surface area contributed by atoms with Crippen molar-refractivity contribution in [3.05, 3.63) is 40.9 Å². The van der Waals surface area contributed by atoms with Gasteiger partial charge in [-0.05, 0) is 39.7 Å². The zero-order chi connectivity index (χ0) is 18.9. The average Bonchev–Trinajstić information content (AvgIpc) is 2.64. The van der Waals surface area contributed by atoms with Crippen LogP contribution in [0.5, 0.6) is 5.75 Å². The van der Waals surface area contributed by atoms with Gasteiger partial charge < -0.3 is 19.1 Å². The van der Waals surface area contributed by atoms with E-state index in [1.54, 1.807) is 6.92 Å². The van der Waals surface area contributed by atoms with Gasteiger partial charge in [0.15, 0.2) is 6.61 Å². The van der Waals surface area contributed by atoms with Crippen LogP contribution in [0.2, 0.25) is 0 Å². The van der Waals surface area contributed by atoms with E-state index in [4.69, 9.17) is 14.2 Å². The van der Waals surface area contributed by atoms with E-state index in [2.05, 4.69) is 15.9 Å². The number of hydrogen-bond donors (Lipinski definition) is 0. The van der Waals surface area contributed by atoms with Gasteiger partial charge in [-0.2, -0.15) is 0 Å². The van der Waals surface area contributed by atoms with Crippen molar-refractivity contribution in [2.75, 3.05) is 40.0 Å². The maximum atomic E-state index is 12.5. The van der Waals surface area contributed by atoms with Gasteiger partial charge in [0.25, 0.3) is 5.91 Å². The van der Waals surface area contributed by atoms with Crippen molar-refractivity contribution in [2.24, 2.45) is 0 Å². The monoisotopic (exact) mass is 423 g/mol. The molecule has 26 heavy (non-hydrogen) atoms. The number of amides is 1. The molecule has 1 amide bonds. The van der Waals surface area contributed by atoms with Gasteiger partial charge in [0.2, 0.25) is 0 Å². The van der Waals surface area contributed by atoms with Gasteiger partial charge in [-0.3, -0.25) is 9.59 Å². The number of fused-ring (bicyclic) bond motifs is 1. The fourth-order valence-electron chi connectivity index (χ4n) is 2.41. The van der Waals surface area contributed by atoms with Crippen LogP contribution in [0, 0.1) is 0 Å². The first-order valence-corrected chi connectivity index (χ1v) is 9.08. The highest BCUT2D eigenvalue weighted by Gasteiger charge is 2.19. The summed E-state index contributed by atoms with van der Waals surface area (Å²) in [7, 11) is 1.54. The summed E-state index contributed by atoms with van der Waals surface area (Å²) in [6.45, 7) is 2.30. The molecule has 0 spiro atoms. The topological polar surface area (TPSA) is 65.1 Å². The van der Waals surface area contributed by atoms with Crippen molar-refractivity contribution >= 4 is 38.6 Å². The molecule has 140 valence electrons. The normalized spacial score (nSPS) is 10.6. The van der Waals surface area contributed by atoms with Gasteiger partial charge in [-0.15, -0.1) is 0 Å². The summed E-state index contributed by atoms with van der Waals surface area (Å²) in [5.41, 5.74) is 0. The SMILES string of the molecule is CCOC(=O)CN(CCOC)C(=O)COc1ccc2ccccc2c1Br. The van der Waals surface area contributed by atoms with Crippen molar-refractivity contribution in [1.82, 2.24) is 4.90 Å². The number of rotatable bonds is 9. The van der Waals surface area contributed by atoms with E-state index in [-0.39, 0.29) is 32.2 Å². The number of benzene rings is 2. The van der Waals surface area contributed by atoms with Crippen LogP contribution in [-0.2, 0) is 19.1 Å². The number of hydrogen-bond acceptors (Lipinski definition) is 5. The molecule has 0 aliphatic rings. The number of esters is 1. The van der Waals surface area contributed by atoms with E-state index >= 15 is 0 Å². The highest BCUT2D eigenvalue weighted by molar-refractivity contribution is 9.10. The molecule has 0 aliphatic carbocycles. The molecule has 0 aromatic heterocycles. The first-order valence-electron chi connectivity index (χ1n) is 8.29. The van der Waals surface area contributed by atoms with E-state index in [1.807, 2.05) is 36.4 Å². The van der Waals surface area contributed by atoms with Gasteiger partial charge in [0, 0.05) is 13.7 Å². The Balaban J connectivity index is 2.04. The lowest BCUT2D eigenvalue weighted by molar-refractivity contribution is -0.149. The Morgan fingerprint density at radius 2 is 1.92 bits per heavy atom. The molecule has 0 heterocycles. The molecule has 2 rings (SSSR count). The molecule has 2 aromatic rings. The summed E-state index contributed by atoms with van der Waals surface area (Å²) in [6.07, 6.45) is 0. The van der Waals surface area contributed by atoms with Gasteiger partial charge in [-0.1, -0.05) is 30.3 Å². The fraction of sp³-hybridized carbons (Fsp3) is 0.368. The van der Waals surface area contributed by atoms with Gasteiger partial charge in [0.05, 0.1) is 17.7 Å². The second kappa shape index (κ2) is 10.1. The Labute approximate surface area is 161 Å². The molecule has 0 aliphatic heterocycles. The molecule has 0 N–H and O–H groups in total. The minimum atomic E-state index is -0.455. The number of carbonyl (C=O) groups excluding carboxylic acids is 2. The first kappa shape index (κ1) is 20.2. The fourth-order valence-corrected chi connectivity index (χ4v) is 3.02. The van der Waals surface area contributed by atoms with E-state index < -0.39 is 5.97 Å². The van der Waals surface area contributed by atoms with E-state index in [0.717, 1.165) is 15.2 Å². The number of nitrogens with zero attached hydrogens (tertiary/aromatic N) is 1. The van der Waals surface area contributed by atoms with Gasteiger partial charge in [0.1, 0.15) is 12.3 Å². The summed E-state index contributed by atoms with van der Waals surface area (Å²) in [4.78, 5) is 25.5. The van der Waals surface area contributed by atoms with Gasteiger partial charge in [-0.25, -0.2) is 0 Å². The predicted molar refractivity (Wildman–Crippen MR) is 102 cm³/mol. The summed E-state index contributed by atoms with van der Waals surface area (Å²) in [5, 5.41) is 2.07. The predicted octanol–water partition coefficient (Wildman–Crippen LogP) is 3.02. The molecule has 0 saturated carbocycles. The quantitative estimate of drug-likeness (QED) is 0.579. The van der Waals surface area contributed by atoms with Crippen LogP contribution in [0.3, 0.4) is 0 Å². The Morgan fingerprint density at radius 1 is 1.15 bits per heavy atom. The zero-order valence-electron chi connectivity index (χ0n) is 14.9. The van der Waals surface area contributed by atoms with Crippen molar-refractivity contribution in [3.8, 4) is 5.75 Å². The summed E-state index contributed by atoms with van der Waals surface area (Å²) in [5.74, 6) is -0.195. The van der Waals surface area contributed by atoms with Crippen molar-refractivity contribution in [1.29, 1.82) is 0 Å². The van der Waals surface area contributed by atoms with Crippen LogP contribution >= 0.6 is 15.9 Å². The lowest BCUT2D eigenvalue weighted by Gasteiger charge is -2.21. The maximum absolute atomic E-state index is 12.5. The maximum Gasteiger partial charge on any atom is 0.325 e. The van der Waals surface area contributed by atoms with Crippen LogP contribution in [0.1, 0.15) is 6.92 Å². The van der Waals surface area contributed by atoms with Crippen LogP contribution < -0.4 is 4.74 Å². The third-order valence-electron chi connectivity index (χ3n) is 3.72. The first-order chi connectivity index (χ1) is 12.6. The second-order valence-electron chi connectivity index (χ2n) is 5.50. The van der Waals surface area contributed by atoms with Crippen LogP contribution in [0.4, 0.5) is 0 Å². The lowest BCUT2D eigenvalue weighted by atomic mass is 10.1. The highest BCUT2D eigenvalue weighted by atomic mass is 79.9. The number of carbonyl (C=O) groups is 2. The van der Waals surface area contributed by atoms with Crippen LogP contribution in [0.25, 0.3) is 10.8 Å². The highest BCUT2D eigenvalue weighted by Crippen LogP contribution is 2.32. The standard InChI is InChI=1S/C19H22BrNO5/c1-3-25-18(23)12-21(10-11-24-2)17(22)13-26-16-9-8-14-6-4-5-7-15(14)19(16)20/h4-9H,3,10-13H2,1-2H3.